The zero-order chi connectivity index (χ0) is 14.4. The molecule has 0 saturated carbocycles. The van der Waals surface area contributed by atoms with Crippen molar-refractivity contribution in [1.82, 2.24) is 15.1 Å². The van der Waals surface area contributed by atoms with Crippen LogP contribution in [-0.2, 0) is 14.3 Å². The number of amides is 3. The zero-order valence-corrected chi connectivity index (χ0v) is 11.6. The van der Waals surface area contributed by atoms with E-state index in [2.05, 4.69) is 10.1 Å². The predicted molar refractivity (Wildman–Crippen MR) is 68.5 cm³/mol. The van der Waals surface area contributed by atoms with Crippen LogP contribution in [0, 0.1) is 0 Å². The molecule has 1 fully saturated rings. The van der Waals surface area contributed by atoms with Crippen molar-refractivity contribution in [2.75, 3.05) is 34.3 Å². The lowest BCUT2D eigenvalue weighted by atomic mass is 10.1. The molecule has 0 bridgehead atoms. The van der Waals surface area contributed by atoms with Crippen molar-refractivity contribution < 1.29 is 19.1 Å². The van der Waals surface area contributed by atoms with Crippen LogP contribution < -0.4 is 5.32 Å². The van der Waals surface area contributed by atoms with Gasteiger partial charge in [-0.05, 0) is 19.3 Å². The van der Waals surface area contributed by atoms with Crippen molar-refractivity contribution in [2.24, 2.45) is 0 Å². The van der Waals surface area contributed by atoms with Crippen LogP contribution in [0.25, 0.3) is 0 Å². The number of alkyl carbamates (subject to hydrolysis) is 1. The van der Waals surface area contributed by atoms with Gasteiger partial charge < -0.3 is 19.9 Å². The van der Waals surface area contributed by atoms with Gasteiger partial charge in [-0.15, -0.1) is 0 Å². The first-order valence-electron chi connectivity index (χ1n) is 6.29. The molecule has 1 aliphatic rings. The highest BCUT2D eigenvalue weighted by atomic mass is 16.5. The zero-order valence-electron chi connectivity index (χ0n) is 11.6. The summed E-state index contributed by atoms with van der Waals surface area (Å²) in [6, 6.07) is -0.607. The molecule has 19 heavy (non-hydrogen) atoms. The van der Waals surface area contributed by atoms with Crippen molar-refractivity contribution in [3.63, 3.8) is 0 Å². The number of likely N-dealkylation sites (tertiary alicyclic amines) is 1. The lowest BCUT2D eigenvalue weighted by Gasteiger charge is -2.25. The lowest BCUT2D eigenvalue weighted by Crippen LogP contribution is -2.49. The summed E-state index contributed by atoms with van der Waals surface area (Å²) in [6.07, 6.45) is 1.60. The van der Waals surface area contributed by atoms with Gasteiger partial charge in [0.15, 0.2) is 0 Å². The number of methoxy groups -OCH3 is 1. The van der Waals surface area contributed by atoms with E-state index < -0.39 is 12.1 Å². The van der Waals surface area contributed by atoms with E-state index in [1.807, 2.05) is 0 Å². The summed E-state index contributed by atoms with van der Waals surface area (Å²) in [5.41, 5.74) is 0. The van der Waals surface area contributed by atoms with Gasteiger partial charge in [0.05, 0.1) is 13.7 Å². The van der Waals surface area contributed by atoms with E-state index in [0.717, 1.165) is 12.8 Å². The molecule has 1 heterocycles. The molecule has 0 aromatic heterocycles. The third-order valence-electron chi connectivity index (χ3n) is 3.08. The quantitative estimate of drug-likeness (QED) is 0.772. The summed E-state index contributed by atoms with van der Waals surface area (Å²) in [5, 5.41) is 2.51. The Morgan fingerprint density at radius 1 is 1.42 bits per heavy atom. The minimum atomic E-state index is -0.626. The number of rotatable bonds is 3. The molecule has 3 amide bonds. The molecule has 0 aromatic carbocycles. The fourth-order valence-electron chi connectivity index (χ4n) is 1.90. The minimum Gasteiger partial charge on any atom is -0.453 e. The Balaban J connectivity index is 2.68. The van der Waals surface area contributed by atoms with Crippen molar-refractivity contribution in [3.8, 4) is 0 Å². The molecule has 1 saturated heterocycles. The summed E-state index contributed by atoms with van der Waals surface area (Å²) in [5.74, 6) is -0.356. The van der Waals surface area contributed by atoms with Gasteiger partial charge in [-0.2, -0.15) is 0 Å². The second kappa shape index (κ2) is 6.96. The first kappa shape index (κ1) is 15.3. The Bertz CT molecular complexity index is 357. The minimum absolute atomic E-state index is 0.0468. The van der Waals surface area contributed by atoms with E-state index in [4.69, 9.17) is 0 Å². The maximum atomic E-state index is 12.2. The van der Waals surface area contributed by atoms with Crippen LogP contribution in [0.2, 0.25) is 0 Å². The normalized spacial score (nSPS) is 19.6. The number of hydrogen-bond acceptors (Lipinski definition) is 4. The molecule has 1 rings (SSSR count). The average molecular weight is 271 g/mol. The molecule has 7 nitrogen and oxygen atoms in total. The van der Waals surface area contributed by atoms with Gasteiger partial charge >= 0.3 is 6.09 Å². The smallest absolute Gasteiger partial charge is 0.407 e. The Morgan fingerprint density at radius 2 is 2.11 bits per heavy atom. The molecule has 0 aromatic rings. The molecule has 0 spiro atoms. The Hall–Kier alpha value is -1.79. The molecule has 1 N–H and O–H groups in total. The molecule has 1 unspecified atom stereocenters. The first-order valence-corrected chi connectivity index (χ1v) is 6.29. The fraction of sp³-hybridized carbons (Fsp3) is 0.750. The van der Waals surface area contributed by atoms with Crippen LogP contribution in [0.3, 0.4) is 0 Å². The van der Waals surface area contributed by atoms with Gasteiger partial charge in [-0.25, -0.2) is 4.79 Å². The molecule has 7 heteroatoms. The second-order valence-corrected chi connectivity index (χ2v) is 4.73. The topological polar surface area (TPSA) is 79.0 Å². The van der Waals surface area contributed by atoms with Gasteiger partial charge in [-0.3, -0.25) is 9.59 Å². The number of nitrogens with one attached hydrogen (secondary N) is 1. The van der Waals surface area contributed by atoms with E-state index in [9.17, 15) is 14.4 Å². The van der Waals surface area contributed by atoms with Crippen LogP contribution in [0.1, 0.15) is 19.3 Å². The largest absolute Gasteiger partial charge is 0.453 e. The number of carbonyl (C=O) groups is 3. The van der Waals surface area contributed by atoms with Gasteiger partial charge in [-0.1, -0.05) is 0 Å². The van der Waals surface area contributed by atoms with Crippen LogP contribution in [0.15, 0.2) is 0 Å². The van der Waals surface area contributed by atoms with Crippen LogP contribution in [0.5, 0.6) is 0 Å². The highest BCUT2D eigenvalue weighted by Gasteiger charge is 2.29. The van der Waals surface area contributed by atoms with E-state index in [1.54, 1.807) is 14.1 Å². The van der Waals surface area contributed by atoms with Crippen LogP contribution in [-0.4, -0.2) is 68.0 Å². The van der Waals surface area contributed by atoms with Crippen molar-refractivity contribution >= 4 is 17.9 Å². The molecule has 0 aliphatic carbocycles. The average Bonchev–Trinajstić information content (AvgIpc) is 2.53. The Kier molecular flexibility index (Phi) is 5.59. The maximum absolute atomic E-state index is 12.2. The van der Waals surface area contributed by atoms with Gasteiger partial charge in [0.25, 0.3) is 0 Å². The number of nitrogens with zero attached hydrogens (tertiary/aromatic N) is 2. The summed E-state index contributed by atoms with van der Waals surface area (Å²) in [6.45, 7) is 0.586. The van der Waals surface area contributed by atoms with E-state index in [1.165, 1.54) is 16.9 Å². The molecule has 0 radical (unpaired) electrons. The van der Waals surface area contributed by atoms with Gasteiger partial charge in [0.1, 0.15) is 6.04 Å². The van der Waals surface area contributed by atoms with Crippen LogP contribution >= 0.6 is 0 Å². The third kappa shape index (κ3) is 4.42. The highest BCUT2D eigenvalue weighted by molar-refractivity contribution is 5.89. The maximum Gasteiger partial charge on any atom is 0.407 e. The molecule has 1 aliphatic heterocycles. The van der Waals surface area contributed by atoms with Crippen LogP contribution in [0.4, 0.5) is 4.79 Å². The van der Waals surface area contributed by atoms with Crippen molar-refractivity contribution in [1.29, 1.82) is 0 Å². The van der Waals surface area contributed by atoms with E-state index in [0.29, 0.717) is 13.0 Å². The first-order chi connectivity index (χ1) is 8.95. The van der Waals surface area contributed by atoms with E-state index >= 15 is 0 Å². The Morgan fingerprint density at radius 3 is 2.68 bits per heavy atom. The standard InChI is InChI=1S/C12H21N3O4/c1-14(2)10(16)8-15-7-5-4-6-9(11(15)17)13-12(18)19-3/h9H,4-8H2,1-3H3,(H,13,18). The second-order valence-electron chi connectivity index (χ2n) is 4.73. The van der Waals surface area contributed by atoms with Gasteiger partial charge in [0.2, 0.25) is 11.8 Å². The Labute approximate surface area is 112 Å². The van der Waals surface area contributed by atoms with Crippen molar-refractivity contribution in [3.05, 3.63) is 0 Å². The molecule has 1 atom stereocenters. The van der Waals surface area contributed by atoms with Crippen molar-refractivity contribution in [2.45, 2.75) is 25.3 Å². The molecule has 108 valence electrons. The summed E-state index contributed by atoms with van der Waals surface area (Å²) < 4.78 is 4.50. The number of hydrogen-bond donors (Lipinski definition) is 1. The number of ether oxygens (including phenoxy) is 1. The predicted octanol–water partition coefficient (Wildman–Crippen LogP) is -0.188. The lowest BCUT2D eigenvalue weighted by molar-refractivity contribution is -0.140. The monoisotopic (exact) mass is 271 g/mol. The number of likely N-dealkylation sites (N-methyl/N-ethyl adjacent to an activating group) is 1. The summed E-state index contributed by atoms with van der Waals surface area (Å²) in [4.78, 5) is 38.1. The molecular formula is C12H21N3O4. The number of carbonyl (C=O) groups excluding carboxylic acids is 3. The molecular weight excluding hydrogens is 250 g/mol. The third-order valence-corrected chi connectivity index (χ3v) is 3.08. The van der Waals surface area contributed by atoms with E-state index in [-0.39, 0.29) is 18.4 Å². The summed E-state index contributed by atoms with van der Waals surface area (Å²) >= 11 is 0. The highest BCUT2D eigenvalue weighted by Crippen LogP contribution is 2.12. The summed E-state index contributed by atoms with van der Waals surface area (Å²) in [7, 11) is 4.55. The SMILES string of the molecule is COC(=O)NC1CCCCN(CC(=O)N(C)C)C1=O. The fourth-order valence-corrected chi connectivity index (χ4v) is 1.90. The van der Waals surface area contributed by atoms with Gasteiger partial charge in [0, 0.05) is 20.6 Å².